The summed E-state index contributed by atoms with van der Waals surface area (Å²) in [7, 11) is -3.46. The molecule has 5 nitrogen and oxygen atoms in total. The molecule has 1 fully saturated rings. The number of hydrogen-bond donors (Lipinski definition) is 3. The second kappa shape index (κ2) is 4.32. The third-order valence-corrected chi connectivity index (χ3v) is 4.26. The molecule has 0 radical (unpaired) electrons. The number of hydrogen-bond acceptors (Lipinski definition) is 4. The minimum Gasteiger partial charge on any atom is -0.389 e. The maximum absolute atomic E-state index is 11.0. The molecule has 0 unspecified atom stereocenters. The molecule has 4 N–H and O–H groups in total. The van der Waals surface area contributed by atoms with Crippen molar-refractivity contribution < 1.29 is 13.5 Å². The van der Waals surface area contributed by atoms with Crippen LogP contribution in [-0.2, 0) is 10.0 Å². The third kappa shape index (κ3) is 3.06. The molecule has 0 amide bonds. The van der Waals surface area contributed by atoms with E-state index in [-0.39, 0.29) is 6.54 Å². The van der Waals surface area contributed by atoms with Gasteiger partial charge in [0.15, 0.2) is 0 Å². The quantitative estimate of drug-likeness (QED) is 0.592. The molecule has 0 aliphatic heterocycles. The van der Waals surface area contributed by atoms with Crippen LogP contribution in [0.15, 0.2) is 0 Å². The molecule has 1 rings (SSSR count). The minimum atomic E-state index is -3.46. The third-order valence-electron chi connectivity index (χ3n) is 2.72. The van der Waals surface area contributed by atoms with Gasteiger partial charge in [-0.2, -0.15) is 0 Å². The zero-order valence-corrected chi connectivity index (χ0v) is 9.31. The van der Waals surface area contributed by atoms with Crippen molar-refractivity contribution in [2.24, 2.45) is 5.14 Å². The van der Waals surface area contributed by atoms with E-state index in [0.29, 0.717) is 25.7 Å². The number of primary sulfonamides is 1. The molecule has 0 aromatic carbocycles. The van der Waals surface area contributed by atoms with Gasteiger partial charge in [0.2, 0.25) is 10.0 Å². The van der Waals surface area contributed by atoms with Crippen molar-refractivity contribution >= 4 is 21.8 Å². The van der Waals surface area contributed by atoms with Crippen molar-refractivity contribution in [1.29, 1.82) is 0 Å². The van der Waals surface area contributed by atoms with E-state index in [9.17, 15) is 13.5 Å². The average molecular weight is 243 g/mol. The zero-order chi connectivity index (χ0) is 10.8. The van der Waals surface area contributed by atoms with E-state index in [1.165, 1.54) is 0 Å². The van der Waals surface area contributed by atoms with Gasteiger partial charge in [-0.3, -0.25) is 0 Å². The van der Waals surface area contributed by atoms with E-state index in [1.807, 2.05) is 0 Å². The molecule has 1 aliphatic carbocycles. The Labute approximate surface area is 88.8 Å². The van der Waals surface area contributed by atoms with Gasteiger partial charge >= 0.3 is 0 Å². The molecule has 0 bridgehead atoms. The number of rotatable bonds is 3. The fourth-order valence-corrected chi connectivity index (χ4v) is 2.90. The Kier molecular flexibility index (Phi) is 3.76. The maximum Gasteiger partial charge on any atom is 0.211 e. The van der Waals surface area contributed by atoms with Gasteiger partial charge in [-0.1, -0.05) is 0 Å². The van der Waals surface area contributed by atoms with E-state index in [2.05, 4.69) is 4.84 Å². The first kappa shape index (κ1) is 12.2. The van der Waals surface area contributed by atoms with Crippen molar-refractivity contribution in [3.63, 3.8) is 0 Å². The van der Waals surface area contributed by atoms with Crippen LogP contribution in [0.3, 0.4) is 0 Å². The van der Waals surface area contributed by atoms with Crippen molar-refractivity contribution in [2.75, 3.05) is 6.54 Å². The SMILES string of the molecule is NS(=O)(=O)C1CCC(O)(CNCl)CC1. The molecule has 0 spiro atoms. The average Bonchev–Trinajstić information content (AvgIpc) is 2.03. The Morgan fingerprint density at radius 2 is 2.00 bits per heavy atom. The first-order chi connectivity index (χ1) is 6.37. The minimum absolute atomic E-state index is 0.270. The molecule has 7 heteroatoms. The lowest BCUT2D eigenvalue weighted by atomic mass is 9.85. The predicted molar refractivity (Wildman–Crippen MR) is 54.2 cm³/mol. The number of nitrogens with one attached hydrogen (secondary N) is 1. The molecule has 14 heavy (non-hydrogen) atoms. The maximum atomic E-state index is 11.0. The molecule has 84 valence electrons. The fourth-order valence-electron chi connectivity index (χ4n) is 1.76. The summed E-state index contributed by atoms with van der Waals surface area (Å²) >= 11 is 5.30. The van der Waals surface area contributed by atoms with E-state index in [1.54, 1.807) is 0 Å². The molecule has 1 saturated carbocycles. The second-order valence-electron chi connectivity index (χ2n) is 3.82. The highest BCUT2D eigenvalue weighted by atomic mass is 35.5. The van der Waals surface area contributed by atoms with Crippen LogP contribution >= 0.6 is 11.8 Å². The van der Waals surface area contributed by atoms with E-state index in [4.69, 9.17) is 16.9 Å². The lowest BCUT2D eigenvalue weighted by molar-refractivity contribution is 0.0105. The molecule has 0 aromatic rings. The summed E-state index contributed by atoms with van der Waals surface area (Å²) in [5.41, 5.74) is -0.886. The highest BCUT2D eigenvalue weighted by molar-refractivity contribution is 7.89. The zero-order valence-electron chi connectivity index (χ0n) is 7.74. The van der Waals surface area contributed by atoms with Crippen molar-refractivity contribution in [3.05, 3.63) is 0 Å². The monoisotopic (exact) mass is 242 g/mol. The summed E-state index contributed by atoms with van der Waals surface area (Å²) in [6.45, 7) is 0.270. The van der Waals surface area contributed by atoms with Crippen LogP contribution in [0.25, 0.3) is 0 Å². The lowest BCUT2D eigenvalue weighted by Crippen LogP contribution is -2.45. The van der Waals surface area contributed by atoms with Crippen molar-refractivity contribution in [1.82, 2.24) is 4.84 Å². The normalized spacial score (nSPS) is 34.4. The second-order valence-corrected chi connectivity index (χ2v) is 5.94. The van der Waals surface area contributed by atoms with Crippen LogP contribution < -0.4 is 9.97 Å². The number of nitrogens with two attached hydrogens (primary N) is 1. The smallest absolute Gasteiger partial charge is 0.211 e. The highest BCUT2D eigenvalue weighted by Gasteiger charge is 2.36. The Morgan fingerprint density at radius 3 is 2.36 bits per heavy atom. The van der Waals surface area contributed by atoms with Crippen LogP contribution in [0.5, 0.6) is 0 Å². The lowest BCUT2D eigenvalue weighted by Gasteiger charge is -2.34. The van der Waals surface area contributed by atoms with Gasteiger partial charge in [0.05, 0.1) is 10.9 Å². The van der Waals surface area contributed by atoms with Gasteiger partial charge in [-0.05, 0) is 37.5 Å². The largest absolute Gasteiger partial charge is 0.389 e. The molecule has 1 aliphatic rings. The summed E-state index contributed by atoms with van der Waals surface area (Å²) in [6.07, 6.45) is 1.61. The van der Waals surface area contributed by atoms with Gasteiger partial charge in [0.25, 0.3) is 0 Å². The van der Waals surface area contributed by atoms with E-state index >= 15 is 0 Å². The highest BCUT2D eigenvalue weighted by Crippen LogP contribution is 2.30. The summed E-state index contributed by atoms with van der Waals surface area (Å²) in [6, 6.07) is 0. The Morgan fingerprint density at radius 1 is 1.50 bits per heavy atom. The van der Waals surface area contributed by atoms with Gasteiger partial charge in [0, 0.05) is 6.54 Å². The fraction of sp³-hybridized carbons (Fsp3) is 1.00. The molecule has 0 aromatic heterocycles. The van der Waals surface area contributed by atoms with Crippen LogP contribution in [0, 0.1) is 0 Å². The number of halogens is 1. The molecule has 0 saturated heterocycles. The predicted octanol–water partition coefficient (Wildman–Crippen LogP) is -0.308. The standard InChI is InChI=1S/C7H15ClN2O3S/c8-10-5-7(11)3-1-6(2-4-7)14(9,12)13/h6,10-11H,1-5H2,(H2,9,12,13). The van der Waals surface area contributed by atoms with Gasteiger partial charge < -0.3 is 5.11 Å². The summed E-state index contributed by atoms with van der Waals surface area (Å²) < 4.78 is 22.0. The topological polar surface area (TPSA) is 92.4 Å². The summed E-state index contributed by atoms with van der Waals surface area (Å²) in [5.74, 6) is 0. The van der Waals surface area contributed by atoms with Gasteiger partial charge in [-0.25, -0.2) is 18.4 Å². The van der Waals surface area contributed by atoms with Gasteiger partial charge in [0.1, 0.15) is 0 Å². The van der Waals surface area contributed by atoms with Crippen molar-refractivity contribution in [3.8, 4) is 0 Å². The Hall–Kier alpha value is 0.120. The Bertz CT molecular complexity index is 285. The summed E-state index contributed by atoms with van der Waals surface area (Å²) in [5, 5.41) is 14.4. The van der Waals surface area contributed by atoms with Crippen LogP contribution in [0.2, 0.25) is 0 Å². The van der Waals surface area contributed by atoms with Crippen LogP contribution in [0.4, 0.5) is 0 Å². The van der Waals surface area contributed by atoms with E-state index < -0.39 is 20.9 Å². The first-order valence-corrected chi connectivity index (χ1v) is 6.44. The molecule has 0 heterocycles. The van der Waals surface area contributed by atoms with Gasteiger partial charge in [-0.15, -0.1) is 0 Å². The number of aliphatic hydroxyl groups is 1. The van der Waals surface area contributed by atoms with Crippen molar-refractivity contribution in [2.45, 2.75) is 36.5 Å². The molecular weight excluding hydrogens is 228 g/mol. The number of sulfonamides is 1. The summed E-state index contributed by atoms with van der Waals surface area (Å²) in [4.78, 5) is 2.37. The molecular formula is C7H15ClN2O3S. The first-order valence-electron chi connectivity index (χ1n) is 4.45. The van der Waals surface area contributed by atoms with Crippen LogP contribution in [-0.4, -0.2) is 30.9 Å². The molecule has 0 atom stereocenters. The Balaban J connectivity index is 2.54. The van der Waals surface area contributed by atoms with E-state index in [0.717, 1.165) is 0 Å². The van der Waals surface area contributed by atoms with Crippen LogP contribution in [0.1, 0.15) is 25.7 Å².